The molecule has 1 saturated heterocycles. The highest BCUT2D eigenvalue weighted by Gasteiger charge is 2.29. The van der Waals surface area contributed by atoms with Crippen LogP contribution in [0, 0.1) is 0 Å². The summed E-state index contributed by atoms with van der Waals surface area (Å²) in [7, 11) is 0. The lowest BCUT2D eigenvalue weighted by Crippen LogP contribution is -2.17. The van der Waals surface area contributed by atoms with Crippen molar-refractivity contribution in [2.24, 2.45) is 0 Å². The number of ketones is 1. The second-order valence-corrected chi connectivity index (χ2v) is 2.59. The zero-order valence-corrected chi connectivity index (χ0v) is 7.63. The molecular weight excluding hydrogens is 166 g/mol. The number of allylic oxidation sites excluding steroid dienone is 5. The summed E-state index contributed by atoms with van der Waals surface area (Å²) in [6, 6.07) is 0. The molecule has 1 rings (SSSR count). The lowest BCUT2D eigenvalue weighted by atomic mass is 10.1. The van der Waals surface area contributed by atoms with E-state index in [4.69, 9.17) is 0 Å². The second-order valence-electron chi connectivity index (χ2n) is 2.59. The van der Waals surface area contributed by atoms with Crippen molar-refractivity contribution in [1.29, 1.82) is 0 Å². The Labute approximate surface area is 76.8 Å². The number of hydrogen-bond acceptors (Lipinski definition) is 2. The van der Waals surface area contributed by atoms with Crippen LogP contribution in [0.1, 0.15) is 13.8 Å². The minimum absolute atomic E-state index is 0.447. The van der Waals surface area contributed by atoms with E-state index in [1.54, 1.807) is 25.2 Å². The summed E-state index contributed by atoms with van der Waals surface area (Å²) in [5, 5.41) is 2.49. The van der Waals surface area contributed by atoms with Gasteiger partial charge in [-0.3, -0.25) is 9.59 Å². The first kappa shape index (κ1) is 9.45. The van der Waals surface area contributed by atoms with Crippen molar-refractivity contribution in [3.05, 3.63) is 35.6 Å². The van der Waals surface area contributed by atoms with Gasteiger partial charge in [0, 0.05) is 5.57 Å². The monoisotopic (exact) mass is 177 g/mol. The summed E-state index contributed by atoms with van der Waals surface area (Å²) in [5.74, 6) is -1.01. The van der Waals surface area contributed by atoms with Crippen LogP contribution in [0.2, 0.25) is 0 Å². The first-order valence-corrected chi connectivity index (χ1v) is 4.06. The van der Waals surface area contributed by atoms with Gasteiger partial charge in [-0.1, -0.05) is 18.2 Å². The Hall–Kier alpha value is -1.64. The van der Waals surface area contributed by atoms with E-state index < -0.39 is 11.7 Å². The second kappa shape index (κ2) is 3.85. The van der Waals surface area contributed by atoms with Gasteiger partial charge < -0.3 is 5.32 Å². The smallest absolute Gasteiger partial charge is 0.296 e. The van der Waals surface area contributed by atoms with Crippen LogP contribution < -0.4 is 5.32 Å². The molecule has 0 aliphatic carbocycles. The van der Waals surface area contributed by atoms with Gasteiger partial charge in [0.1, 0.15) is 0 Å². The van der Waals surface area contributed by atoms with Crippen molar-refractivity contribution in [2.45, 2.75) is 13.8 Å². The van der Waals surface area contributed by atoms with Gasteiger partial charge in [0.05, 0.1) is 5.70 Å². The van der Waals surface area contributed by atoms with Crippen LogP contribution in [0.3, 0.4) is 0 Å². The summed E-state index contributed by atoms with van der Waals surface area (Å²) < 4.78 is 0. The van der Waals surface area contributed by atoms with Gasteiger partial charge in [-0.05, 0) is 19.9 Å². The van der Waals surface area contributed by atoms with E-state index in [1.165, 1.54) is 0 Å². The number of nitrogens with one attached hydrogen (secondary N) is 1. The van der Waals surface area contributed by atoms with E-state index in [-0.39, 0.29) is 0 Å². The Morgan fingerprint density at radius 1 is 1.23 bits per heavy atom. The van der Waals surface area contributed by atoms with E-state index in [0.29, 0.717) is 11.3 Å². The third kappa shape index (κ3) is 1.75. The number of carbonyl (C=O) groups is 2. The van der Waals surface area contributed by atoms with Gasteiger partial charge in [0.2, 0.25) is 0 Å². The topological polar surface area (TPSA) is 46.2 Å². The first-order valence-electron chi connectivity index (χ1n) is 4.06. The molecule has 0 aromatic rings. The van der Waals surface area contributed by atoms with E-state index in [0.717, 1.165) is 0 Å². The molecule has 1 amide bonds. The molecule has 0 saturated carbocycles. The molecule has 1 aliphatic rings. The van der Waals surface area contributed by atoms with Crippen molar-refractivity contribution in [2.75, 3.05) is 0 Å². The van der Waals surface area contributed by atoms with Crippen molar-refractivity contribution in [3.8, 4) is 0 Å². The number of amides is 1. The van der Waals surface area contributed by atoms with Crippen molar-refractivity contribution >= 4 is 11.7 Å². The van der Waals surface area contributed by atoms with Gasteiger partial charge in [-0.15, -0.1) is 0 Å². The zero-order chi connectivity index (χ0) is 9.84. The van der Waals surface area contributed by atoms with Crippen LogP contribution in [-0.4, -0.2) is 11.7 Å². The fourth-order valence-electron chi connectivity index (χ4n) is 1.10. The third-order valence-electron chi connectivity index (χ3n) is 1.73. The molecule has 1 fully saturated rings. The van der Waals surface area contributed by atoms with E-state index in [1.807, 2.05) is 13.0 Å². The summed E-state index contributed by atoms with van der Waals surface area (Å²) in [4.78, 5) is 22.1. The van der Waals surface area contributed by atoms with Crippen molar-refractivity contribution in [3.63, 3.8) is 0 Å². The summed E-state index contributed by atoms with van der Waals surface area (Å²) >= 11 is 0. The molecule has 0 radical (unpaired) electrons. The molecule has 1 heterocycles. The molecule has 3 nitrogen and oxygen atoms in total. The van der Waals surface area contributed by atoms with Gasteiger partial charge in [-0.25, -0.2) is 0 Å². The Bertz CT molecular complexity index is 335. The Kier molecular flexibility index (Phi) is 2.80. The number of rotatable bonds is 1. The summed E-state index contributed by atoms with van der Waals surface area (Å²) in [6.07, 6.45) is 6.95. The van der Waals surface area contributed by atoms with Gasteiger partial charge in [0.15, 0.2) is 0 Å². The number of carbonyl (C=O) groups excluding carboxylic acids is 2. The first-order chi connectivity index (χ1) is 6.20. The highest BCUT2D eigenvalue weighted by atomic mass is 16.2. The fourth-order valence-corrected chi connectivity index (χ4v) is 1.10. The number of Topliss-reactive ketones (excluding diaryl/α,β-unsaturated/α-hetero) is 1. The Morgan fingerprint density at radius 2 is 1.92 bits per heavy atom. The molecule has 3 heteroatoms. The largest absolute Gasteiger partial charge is 0.318 e. The maximum absolute atomic E-state index is 11.2. The summed E-state index contributed by atoms with van der Waals surface area (Å²) in [5.41, 5.74) is 1.03. The van der Waals surface area contributed by atoms with Gasteiger partial charge >= 0.3 is 0 Å². The van der Waals surface area contributed by atoms with Crippen LogP contribution in [0.15, 0.2) is 35.6 Å². The maximum atomic E-state index is 11.2. The predicted molar refractivity (Wildman–Crippen MR) is 49.8 cm³/mol. The minimum Gasteiger partial charge on any atom is -0.318 e. The Balaban J connectivity index is 3.03. The molecule has 68 valence electrons. The molecule has 0 bridgehead atoms. The lowest BCUT2D eigenvalue weighted by molar-refractivity contribution is -0.133. The average molecular weight is 177 g/mol. The third-order valence-corrected chi connectivity index (χ3v) is 1.73. The van der Waals surface area contributed by atoms with Crippen LogP contribution in [0.4, 0.5) is 0 Å². The fraction of sp³-hybridized carbons (Fsp3) is 0.200. The molecular formula is C10H11NO2. The summed E-state index contributed by atoms with van der Waals surface area (Å²) in [6.45, 7) is 3.60. The van der Waals surface area contributed by atoms with Crippen LogP contribution in [0.5, 0.6) is 0 Å². The van der Waals surface area contributed by atoms with Gasteiger partial charge in [-0.2, -0.15) is 0 Å². The van der Waals surface area contributed by atoms with Crippen LogP contribution in [-0.2, 0) is 9.59 Å². The Morgan fingerprint density at radius 3 is 2.46 bits per heavy atom. The number of hydrogen-bond donors (Lipinski definition) is 1. The normalized spacial score (nSPS) is 23.5. The molecule has 0 atom stereocenters. The van der Waals surface area contributed by atoms with Gasteiger partial charge in [0.25, 0.3) is 11.7 Å². The molecule has 1 aliphatic heterocycles. The molecule has 1 N–H and O–H groups in total. The van der Waals surface area contributed by atoms with Crippen LogP contribution >= 0.6 is 0 Å². The highest BCUT2D eigenvalue weighted by Crippen LogP contribution is 2.15. The van der Waals surface area contributed by atoms with Crippen molar-refractivity contribution in [1.82, 2.24) is 5.32 Å². The lowest BCUT2D eigenvalue weighted by Gasteiger charge is -1.93. The van der Waals surface area contributed by atoms with E-state index in [2.05, 4.69) is 5.32 Å². The molecule has 0 aromatic carbocycles. The zero-order valence-electron chi connectivity index (χ0n) is 7.63. The molecule has 13 heavy (non-hydrogen) atoms. The molecule has 0 unspecified atom stereocenters. The average Bonchev–Trinajstić information content (AvgIpc) is 2.39. The van der Waals surface area contributed by atoms with Crippen LogP contribution in [0.25, 0.3) is 0 Å². The molecule has 0 aromatic heterocycles. The molecule has 0 spiro atoms. The standard InChI is InChI=1S/C10H11NO2/c1-3-5-6-8-7(4-2)9(12)10(13)11-8/h3-6H,1-2H3,(H,11,13)/b5-3-,7-4+,8-6+. The predicted octanol–water partition coefficient (Wildman–Crippen LogP) is 1.09. The highest BCUT2D eigenvalue weighted by molar-refractivity contribution is 6.47. The SMILES string of the molecule is C\C=C/C=C1/NC(=O)C(=O)/C1=C/C. The van der Waals surface area contributed by atoms with E-state index in [9.17, 15) is 9.59 Å². The van der Waals surface area contributed by atoms with E-state index >= 15 is 0 Å². The maximum Gasteiger partial charge on any atom is 0.296 e. The van der Waals surface area contributed by atoms with Crippen molar-refractivity contribution < 1.29 is 9.59 Å². The quantitative estimate of drug-likeness (QED) is 0.481. The minimum atomic E-state index is -0.552.